The first-order valence-electron chi connectivity index (χ1n) is 9.39. The molecule has 1 aliphatic heterocycles. The number of benzene rings is 1. The zero-order valence-electron chi connectivity index (χ0n) is 16.2. The van der Waals surface area contributed by atoms with Gasteiger partial charge < -0.3 is 4.74 Å². The highest BCUT2D eigenvalue weighted by atomic mass is 16.5. The number of aliphatic imine (C=N–C) groups is 1. The number of esters is 1. The number of pyridine rings is 1. The molecule has 1 aromatic heterocycles. The Morgan fingerprint density at radius 1 is 1.18 bits per heavy atom. The summed E-state index contributed by atoms with van der Waals surface area (Å²) in [5.41, 5.74) is 3.51. The molecule has 6 heteroatoms. The number of carbonyl (C=O) groups excluding carboxylic acids is 2. The van der Waals surface area contributed by atoms with E-state index in [0.717, 1.165) is 22.7 Å². The van der Waals surface area contributed by atoms with Gasteiger partial charge >= 0.3 is 11.8 Å². The summed E-state index contributed by atoms with van der Waals surface area (Å²) in [6.45, 7) is 2.73. The Morgan fingerprint density at radius 3 is 2.64 bits per heavy atom. The van der Waals surface area contributed by atoms with Crippen LogP contribution in [0.1, 0.15) is 41.3 Å². The van der Waals surface area contributed by atoms with Gasteiger partial charge in [-0.3, -0.25) is 9.78 Å². The SMILES string of the molecule is CCOC(=O)c1ccc(CC(=O)CCC2=[N+](C)C(c3cccnc3)=NC2)cc1. The molecule has 0 radical (unpaired) electrons. The summed E-state index contributed by atoms with van der Waals surface area (Å²) in [4.78, 5) is 32.8. The molecule has 2 heterocycles. The fourth-order valence-electron chi connectivity index (χ4n) is 3.13. The molecule has 0 N–H and O–H groups in total. The van der Waals surface area contributed by atoms with Crippen molar-refractivity contribution in [3.05, 3.63) is 65.5 Å². The molecule has 0 atom stereocenters. The average molecular weight is 378 g/mol. The number of ketones is 1. The molecule has 28 heavy (non-hydrogen) atoms. The fraction of sp³-hybridized carbons (Fsp3) is 0.318. The average Bonchev–Trinajstić information content (AvgIpc) is 3.08. The molecule has 0 unspecified atom stereocenters. The van der Waals surface area contributed by atoms with E-state index in [9.17, 15) is 9.59 Å². The van der Waals surface area contributed by atoms with Crippen molar-refractivity contribution in [1.29, 1.82) is 0 Å². The van der Waals surface area contributed by atoms with Crippen molar-refractivity contribution in [2.45, 2.75) is 26.2 Å². The third-order valence-electron chi connectivity index (χ3n) is 4.68. The van der Waals surface area contributed by atoms with Crippen molar-refractivity contribution in [1.82, 2.24) is 4.98 Å². The maximum atomic E-state index is 12.4. The number of amidine groups is 1. The molecule has 144 valence electrons. The van der Waals surface area contributed by atoms with Crippen LogP contribution in [0.5, 0.6) is 0 Å². The number of hydrogen-bond donors (Lipinski definition) is 0. The lowest BCUT2D eigenvalue weighted by Gasteiger charge is -2.04. The zero-order chi connectivity index (χ0) is 19.9. The number of hydrogen-bond acceptors (Lipinski definition) is 5. The molecule has 2 aromatic rings. The Balaban J connectivity index is 1.53. The number of ether oxygens (including phenoxy) is 1. The molecular formula is C22H24N3O3+. The van der Waals surface area contributed by atoms with Gasteiger partial charge in [0.2, 0.25) is 0 Å². The van der Waals surface area contributed by atoms with E-state index in [1.54, 1.807) is 31.5 Å². The lowest BCUT2D eigenvalue weighted by molar-refractivity contribution is -0.367. The topological polar surface area (TPSA) is 71.6 Å². The monoisotopic (exact) mass is 378 g/mol. The molecular weight excluding hydrogens is 354 g/mol. The minimum absolute atomic E-state index is 0.166. The van der Waals surface area contributed by atoms with E-state index in [2.05, 4.69) is 14.6 Å². The third-order valence-corrected chi connectivity index (χ3v) is 4.68. The first kappa shape index (κ1) is 19.6. The molecule has 0 saturated carbocycles. The van der Waals surface area contributed by atoms with Crippen LogP contribution < -0.4 is 0 Å². The van der Waals surface area contributed by atoms with Gasteiger partial charge in [0.05, 0.1) is 24.8 Å². The Bertz CT molecular complexity index is 916. The van der Waals surface area contributed by atoms with Crippen LogP contribution in [0.25, 0.3) is 0 Å². The second-order valence-electron chi connectivity index (χ2n) is 6.64. The molecule has 0 aliphatic carbocycles. The maximum absolute atomic E-state index is 12.4. The number of carbonyl (C=O) groups is 2. The highest BCUT2D eigenvalue weighted by molar-refractivity contribution is 6.02. The summed E-state index contributed by atoms with van der Waals surface area (Å²) in [6.07, 6.45) is 5.04. The first-order chi connectivity index (χ1) is 13.6. The lowest BCUT2D eigenvalue weighted by Crippen LogP contribution is -2.21. The van der Waals surface area contributed by atoms with Gasteiger partial charge in [-0.25, -0.2) is 9.37 Å². The Morgan fingerprint density at radius 2 is 1.96 bits per heavy atom. The summed E-state index contributed by atoms with van der Waals surface area (Å²) in [7, 11) is 1.98. The van der Waals surface area contributed by atoms with Gasteiger partial charge in [0.15, 0.2) is 6.54 Å². The van der Waals surface area contributed by atoms with Crippen LogP contribution in [0.4, 0.5) is 0 Å². The smallest absolute Gasteiger partial charge is 0.338 e. The van der Waals surface area contributed by atoms with Crippen molar-refractivity contribution < 1.29 is 18.9 Å². The normalized spacial score (nSPS) is 13.4. The molecule has 1 aliphatic rings. The van der Waals surface area contributed by atoms with Gasteiger partial charge in [0.25, 0.3) is 0 Å². The molecule has 3 rings (SSSR count). The van der Waals surface area contributed by atoms with Gasteiger partial charge in [0.1, 0.15) is 11.5 Å². The summed E-state index contributed by atoms with van der Waals surface area (Å²) in [5, 5.41) is 0. The number of nitrogens with zero attached hydrogens (tertiary/aromatic N) is 3. The van der Waals surface area contributed by atoms with Crippen molar-refractivity contribution in [2.75, 3.05) is 20.2 Å². The summed E-state index contributed by atoms with van der Waals surface area (Å²) < 4.78 is 7.02. The summed E-state index contributed by atoms with van der Waals surface area (Å²) in [5.74, 6) is 0.718. The van der Waals surface area contributed by atoms with Gasteiger partial charge in [-0.05, 0) is 36.8 Å². The quantitative estimate of drug-likeness (QED) is 0.523. The van der Waals surface area contributed by atoms with Gasteiger partial charge in [-0.2, -0.15) is 0 Å². The third kappa shape index (κ3) is 4.76. The van der Waals surface area contributed by atoms with E-state index >= 15 is 0 Å². The molecule has 0 fully saturated rings. The molecule has 0 saturated heterocycles. The Kier molecular flexibility index (Phi) is 6.42. The van der Waals surface area contributed by atoms with Gasteiger partial charge in [0, 0.05) is 31.7 Å². The lowest BCUT2D eigenvalue weighted by atomic mass is 10.0. The Labute approximate surface area is 164 Å². The number of aromatic nitrogens is 1. The van der Waals surface area contributed by atoms with Crippen molar-refractivity contribution in [2.24, 2.45) is 4.99 Å². The van der Waals surface area contributed by atoms with Gasteiger partial charge in [-0.15, -0.1) is 0 Å². The minimum Gasteiger partial charge on any atom is -0.462 e. The summed E-state index contributed by atoms with van der Waals surface area (Å²) >= 11 is 0. The predicted octanol–water partition coefficient (Wildman–Crippen LogP) is 2.69. The standard InChI is InChI=1S/C22H24N3O3/c1-3-28-22(27)17-8-6-16(7-9-17)13-20(26)11-10-19-15-24-21(25(19)2)18-5-4-12-23-14-18/h4-9,12,14H,3,10-11,13,15H2,1-2H3/q+1. The molecule has 0 amide bonds. The van der Waals surface area contributed by atoms with Crippen molar-refractivity contribution in [3.8, 4) is 0 Å². The van der Waals surface area contributed by atoms with E-state index in [1.165, 1.54) is 0 Å². The minimum atomic E-state index is -0.342. The predicted molar refractivity (Wildman–Crippen MR) is 107 cm³/mol. The second kappa shape index (κ2) is 9.17. The zero-order valence-corrected chi connectivity index (χ0v) is 16.2. The van der Waals surface area contributed by atoms with Crippen LogP contribution in [0.3, 0.4) is 0 Å². The van der Waals surface area contributed by atoms with Crippen LogP contribution in [0.15, 0.2) is 53.8 Å². The second-order valence-corrected chi connectivity index (χ2v) is 6.64. The first-order valence-corrected chi connectivity index (χ1v) is 9.39. The van der Waals surface area contributed by atoms with E-state index < -0.39 is 0 Å². The maximum Gasteiger partial charge on any atom is 0.338 e. The van der Waals surface area contributed by atoms with Crippen LogP contribution >= 0.6 is 0 Å². The van der Waals surface area contributed by atoms with Gasteiger partial charge in [-0.1, -0.05) is 17.1 Å². The molecule has 1 aromatic carbocycles. The Hall–Kier alpha value is -3.15. The number of rotatable bonds is 8. The molecule has 6 nitrogen and oxygen atoms in total. The highest BCUT2D eigenvalue weighted by Crippen LogP contribution is 2.11. The largest absolute Gasteiger partial charge is 0.462 e. The van der Waals surface area contributed by atoms with Crippen molar-refractivity contribution in [3.63, 3.8) is 0 Å². The van der Waals surface area contributed by atoms with Crippen LogP contribution in [-0.4, -0.2) is 53.1 Å². The van der Waals surface area contributed by atoms with Crippen molar-refractivity contribution >= 4 is 23.3 Å². The van der Waals surface area contributed by atoms with E-state index in [4.69, 9.17) is 4.74 Å². The summed E-state index contributed by atoms with van der Waals surface area (Å²) in [6, 6.07) is 10.9. The highest BCUT2D eigenvalue weighted by Gasteiger charge is 2.26. The van der Waals surface area contributed by atoms with Crippen LogP contribution in [0, 0.1) is 0 Å². The van der Waals surface area contributed by atoms with E-state index in [0.29, 0.717) is 38.0 Å². The molecule has 0 bridgehead atoms. The molecule has 0 spiro atoms. The number of Topliss-reactive ketones (excluding diaryl/α,β-unsaturated/α-hetero) is 1. The van der Waals surface area contributed by atoms with E-state index in [1.807, 2.05) is 31.3 Å². The van der Waals surface area contributed by atoms with E-state index in [-0.39, 0.29) is 11.8 Å². The van der Waals surface area contributed by atoms with Crippen LogP contribution in [0.2, 0.25) is 0 Å². The van der Waals surface area contributed by atoms with Crippen LogP contribution in [-0.2, 0) is 16.0 Å². The fourth-order valence-corrected chi connectivity index (χ4v) is 3.13.